The summed E-state index contributed by atoms with van der Waals surface area (Å²) in [5, 5.41) is 0. The number of carbonyl (C=O) groups excluding carboxylic acids is 2. The van der Waals surface area contributed by atoms with Crippen molar-refractivity contribution >= 4 is 23.6 Å². The summed E-state index contributed by atoms with van der Waals surface area (Å²) >= 11 is 0. The van der Waals surface area contributed by atoms with Gasteiger partial charge in [0.15, 0.2) is 0 Å². The third-order valence-electron chi connectivity index (χ3n) is 6.90. The first kappa shape index (κ1) is 22.1. The van der Waals surface area contributed by atoms with Crippen LogP contribution in [0.5, 0.6) is 0 Å². The van der Waals surface area contributed by atoms with Crippen molar-refractivity contribution in [2.45, 2.75) is 51.1 Å². The minimum atomic E-state index is -0.689. The van der Waals surface area contributed by atoms with Crippen molar-refractivity contribution in [3.05, 3.63) is 107 Å². The Labute approximate surface area is 201 Å². The lowest BCUT2D eigenvalue weighted by molar-refractivity contribution is -0.140. The lowest BCUT2D eigenvalue weighted by Crippen LogP contribution is -2.57. The maximum absolute atomic E-state index is 14.3. The quantitative estimate of drug-likeness (QED) is 0.439. The molecule has 3 aromatic carbocycles. The molecule has 4 heteroatoms. The van der Waals surface area contributed by atoms with Crippen molar-refractivity contribution in [1.82, 2.24) is 4.90 Å². The molecule has 0 unspecified atom stereocenters. The Morgan fingerprint density at radius 1 is 0.735 bits per heavy atom. The standard InChI is InChI=1S/C30H30N2O2/c1-22-17-19-24(20-18-22)28-30(34)31(25-13-7-3-8-14-25)27(21-23-11-5-2-6-12-23)29(33)32(28)26-15-9-4-10-16-26/h2,4-6,9-12,15-21,25,28H,3,7-8,13-14H2,1H3/b27-21-/t28-/m1/s1. The van der Waals surface area contributed by atoms with E-state index in [9.17, 15) is 9.59 Å². The number of para-hydroxylation sites is 1. The Kier molecular flexibility index (Phi) is 6.31. The van der Waals surface area contributed by atoms with Gasteiger partial charge in [0, 0.05) is 11.7 Å². The Hall–Kier alpha value is -3.66. The van der Waals surface area contributed by atoms with Crippen LogP contribution in [0.15, 0.2) is 90.6 Å². The van der Waals surface area contributed by atoms with E-state index in [0.29, 0.717) is 5.70 Å². The SMILES string of the molecule is Cc1ccc([C@@H]2C(=O)N(C3CCCCC3)/C(=C\c3ccccc3)C(=O)N2c2ccccc2)cc1. The van der Waals surface area contributed by atoms with E-state index in [1.807, 2.05) is 103 Å². The Morgan fingerprint density at radius 2 is 1.35 bits per heavy atom. The Morgan fingerprint density at radius 3 is 2.00 bits per heavy atom. The van der Waals surface area contributed by atoms with Crippen LogP contribution in [-0.2, 0) is 9.59 Å². The van der Waals surface area contributed by atoms with Gasteiger partial charge in [-0.05, 0) is 49.1 Å². The van der Waals surface area contributed by atoms with Crippen LogP contribution in [0.25, 0.3) is 6.08 Å². The number of rotatable bonds is 4. The largest absolute Gasteiger partial charge is 0.302 e. The summed E-state index contributed by atoms with van der Waals surface area (Å²) < 4.78 is 0. The fourth-order valence-corrected chi connectivity index (χ4v) is 5.15. The molecule has 2 aliphatic rings. The highest BCUT2D eigenvalue weighted by Gasteiger charge is 2.46. The highest BCUT2D eigenvalue weighted by atomic mass is 16.2. The van der Waals surface area contributed by atoms with Gasteiger partial charge in [-0.1, -0.05) is 97.6 Å². The molecule has 0 radical (unpaired) electrons. The van der Waals surface area contributed by atoms with Gasteiger partial charge in [-0.25, -0.2) is 0 Å². The smallest absolute Gasteiger partial charge is 0.276 e. The predicted octanol–water partition coefficient (Wildman–Crippen LogP) is 6.29. The summed E-state index contributed by atoms with van der Waals surface area (Å²) in [6, 6.07) is 26.7. The van der Waals surface area contributed by atoms with Crippen molar-refractivity contribution < 1.29 is 9.59 Å². The fraction of sp³-hybridized carbons (Fsp3) is 0.267. The first-order valence-electron chi connectivity index (χ1n) is 12.2. The molecule has 2 fully saturated rings. The molecule has 172 valence electrons. The molecule has 1 aliphatic heterocycles. The molecule has 1 saturated carbocycles. The maximum Gasteiger partial charge on any atom is 0.276 e. The van der Waals surface area contributed by atoms with Gasteiger partial charge in [0.2, 0.25) is 0 Å². The van der Waals surface area contributed by atoms with Gasteiger partial charge in [0.1, 0.15) is 11.7 Å². The van der Waals surface area contributed by atoms with Crippen LogP contribution < -0.4 is 4.90 Å². The lowest BCUT2D eigenvalue weighted by atomic mass is 9.90. The minimum Gasteiger partial charge on any atom is -0.302 e. The molecule has 5 rings (SSSR count). The van der Waals surface area contributed by atoms with E-state index in [1.54, 1.807) is 4.90 Å². The summed E-state index contributed by atoms with van der Waals surface area (Å²) in [6.45, 7) is 2.03. The van der Waals surface area contributed by atoms with Gasteiger partial charge in [-0.15, -0.1) is 0 Å². The van der Waals surface area contributed by atoms with Crippen LogP contribution in [0.1, 0.15) is 54.8 Å². The van der Waals surface area contributed by atoms with Crippen molar-refractivity contribution in [3.63, 3.8) is 0 Å². The highest BCUT2D eigenvalue weighted by Crippen LogP contribution is 2.39. The van der Waals surface area contributed by atoms with E-state index in [1.165, 1.54) is 6.42 Å². The molecule has 0 N–H and O–H groups in total. The third-order valence-corrected chi connectivity index (χ3v) is 6.90. The molecule has 0 aromatic heterocycles. The van der Waals surface area contributed by atoms with Crippen LogP contribution in [0.2, 0.25) is 0 Å². The number of amides is 2. The van der Waals surface area contributed by atoms with Gasteiger partial charge >= 0.3 is 0 Å². The third kappa shape index (κ3) is 4.28. The number of hydrogen-bond acceptors (Lipinski definition) is 2. The van der Waals surface area contributed by atoms with Gasteiger partial charge in [-0.2, -0.15) is 0 Å². The Balaban J connectivity index is 1.68. The van der Waals surface area contributed by atoms with Gasteiger partial charge in [0.25, 0.3) is 11.8 Å². The Bertz CT molecular complexity index is 1180. The van der Waals surface area contributed by atoms with E-state index in [-0.39, 0.29) is 17.9 Å². The number of piperazine rings is 1. The van der Waals surface area contributed by atoms with E-state index in [0.717, 1.165) is 48.1 Å². The van der Waals surface area contributed by atoms with E-state index in [4.69, 9.17) is 0 Å². The molecule has 1 atom stereocenters. The van der Waals surface area contributed by atoms with Crippen molar-refractivity contribution in [3.8, 4) is 0 Å². The number of benzene rings is 3. The molecule has 1 heterocycles. The van der Waals surface area contributed by atoms with Gasteiger partial charge in [0.05, 0.1) is 0 Å². The maximum atomic E-state index is 14.3. The predicted molar refractivity (Wildman–Crippen MR) is 136 cm³/mol. The van der Waals surface area contributed by atoms with Crippen LogP contribution in [0, 0.1) is 6.92 Å². The van der Waals surface area contributed by atoms with Crippen LogP contribution in [-0.4, -0.2) is 22.8 Å². The average Bonchev–Trinajstić information content (AvgIpc) is 2.88. The first-order chi connectivity index (χ1) is 16.6. The summed E-state index contributed by atoms with van der Waals surface area (Å²) in [5.41, 5.74) is 4.08. The second kappa shape index (κ2) is 9.68. The molecule has 1 saturated heterocycles. The zero-order valence-electron chi connectivity index (χ0n) is 19.6. The summed E-state index contributed by atoms with van der Waals surface area (Å²) in [6.07, 6.45) is 7.09. The number of carbonyl (C=O) groups is 2. The number of hydrogen-bond donors (Lipinski definition) is 0. The van der Waals surface area contributed by atoms with E-state index in [2.05, 4.69) is 0 Å². The lowest BCUT2D eigenvalue weighted by Gasteiger charge is -2.45. The zero-order valence-corrected chi connectivity index (χ0v) is 19.6. The normalized spacial score (nSPS) is 20.7. The molecular weight excluding hydrogens is 420 g/mol. The van der Waals surface area contributed by atoms with Crippen LogP contribution in [0.4, 0.5) is 5.69 Å². The molecule has 1 aliphatic carbocycles. The fourth-order valence-electron chi connectivity index (χ4n) is 5.15. The van der Waals surface area contributed by atoms with E-state index < -0.39 is 6.04 Å². The van der Waals surface area contributed by atoms with Crippen molar-refractivity contribution in [2.75, 3.05) is 4.90 Å². The monoisotopic (exact) mass is 450 g/mol. The summed E-state index contributed by atoms with van der Waals surface area (Å²) in [7, 11) is 0. The van der Waals surface area contributed by atoms with Crippen molar-refractivity contribution in [2.24, 2.45) is 0 Å². The number of anilines is 1. The van der Waals surface area contributed by atoms with Crippen molar-refractivity contribution in [1.29, 1.82) is 0 Å². The van der Waals surface area contributed by atoms with E-state index >= 15 is 0 Å². The number of nitrogens with zero attached hydrogens (tertiary/aromatic N) is 2. The highest BCUT2D eigenvalue weighted by molar-refractivity contribution is 6.17. The minimum absolute atomic E-state index is 0.0265. The molecular formula is C30H30N2O2. The van der Waals surface area contributed by atoms with Crippen LogP contribution in [0.3, 0.4) is 0 Å². The molecule has 2 amide bonds. The second-order valence-corrected chi connectivity index (χ2v) is 9.26. The first-order valence-corrected chi connectivity index (χ1v) is 12.2. The molecule has 0 bridgehead atoms. The second-order valence-electron chi connectivity index (χ2n) is 9.26. The topological polar surface area (TPSA) is 40.6 Å². The number of aryl methyl sites for hydroxylation is 1. The molecule has 4 nitrogen and oxygen atoms in total. The molecule has 0 spiro atoms. The summed E-state index contributed by atoms with van der Waals surface area (Å²) in [5.74, 6) is -0.160. The zero-order chi connectivity index (χ0) is 23.5. The molecule has 3 aromatic rings. The molecule has 34 heavy (non-hydrogen) atoms. The summed E-state index contributed by atoms with van der Waals surface area (Å²) in [4.78, 5) is 32.1. The van der Waals surface area contributed by atoms with Gasteiger partial charge in [-0.3, -0.25) is 14.5 Å². The average molecular weight is 451 g/mol. The van der Waals surface area contributed by atoms with Gasteiger partial charge < -0.3 is 4.90 Å². The van der Waals surface area contributed by atoms with Crippen LogP contribution >= 0.6 is 0 Å².